The summed E-state index contributed by atoms with van der Waals surface area (Å²) < 4.78 is 0.831. The SMILES string of the molecule is CC(C)C(N)=Nc1ccc(Cl)c(Br)c1. The molecule has 0 fully saturated rings. The molecule has 1 rings (SSSR count). The predicted octanol–water partition coefficient (Wildman–Crippen LogP) is 3.75. The van der Waals surface area contributed by atoms with Gasteiger partial charge in [-0.25, -0.2) is 4.99 Å². The minimum Gasteiger partial charge on any atom is -0.387 e. The predicted molar refractivity (Wildman–Crippen MR) is 65.3 cm³/mol. The van der Waals surface area contributed by atoms with Crippen LogP contribution in [0, 0.1) is 5.92 Å². The number of aliphatic imine (C=N–C) groups is 1. The van der Waals surface area contributed by atoms with Gasteiger partial charge in [-0.1, -0.05) is 25.4 Å². The van der Waals surface area contributed by atoms with Gasteiger partial charge < -0.3 is 5.73 Å². The highest BCUT2D eigenvalue weighted by molar-refractivity contribution is 9.10. The molecule has 0 aliphatic carbocycles. The topological polar surface area (TPSA) is 38.4 Å². The number of halogens is 2. The maximum absolute atomic E-state index is 5.85. The molecule has 0 unspecified atom stereocenters. The van der Waals surface area contributed by atoms with Gasteiger partial charge >= 0.3 is 0 Å². The third-order valence-corrected chi connectivity index (χ3v) is 2.97. The van der Waals surface area contributed by atoms with Crippen molar-refractivity contribution in [1.82, 2.24) is 0 Å². The Hall–Kier alpha value is -0.540. The lowest BCUT2D eigenvalue weighted by molar-refractivity contribution is 0.873. The highest BCUT2D eigenvalue weighted by atomic mass is 79.9. The molecule has 0 radical (unpaired) electrons. The van der Waals surface area contributed by atoms with Crippen LogP contribution >= 0.6 is 27.5 Å². The Kier molecular flexibility index (Phi) is 3.96. The van der Waals surface area contributed by atoms with E-state index in [1.807, 2.05) is 26.0 Å². The highest BCUT2D eigenvalue weighted by Crippen LogP contribution is 2.27. The van der Waals surface area contributed by atoms with Crippen molar-refractivity contribution in [3.05, 3.63) is 27.7 Å². The summed E-state index contributed by atoms with van der Waals surface area (Å²) in [5, 5.41) is 0.673. The number of benzene rings is 1. The summed E-state index contributed by atoms with van der Waals surface area (Å²) in [5.41, 5.74) is 6.55. The molecule has 0 saturated heterocycles. The third kappa shape index (κ3) is 3.00. The maximum Gasteiger partial charge on any atom is 0.102 e. The molecule has 14 heavy (non-hydrogen) atoms. The summed E-state index contributed by atoms with van der Waals surface area (Å²) in [6, 6.07) is 5.47. The highest BCUT2D eigenvalue weighted by Gasteiger charge is 2.01. The molecule has 4 heteroatoms. The minimum atomic E-state index is 0.254. The van der Waals surface area contributed by atoms with E-state index in [1.165, 1.54) is 0 Å². The van der Waals surface area contributed by atoms with Crippen molar-refractivity contribution in [2.75, 3.05) is 0 Å². The molecular weight excluding hydrogens is 263 g/mol. The molecule has 0 heterocycles. The number of rotatable bonds is 2. The summed E-state index contributed by atoms with van der Waals surface area (Å²) in [5.74, 6) is 0.878. The van der Waals surface area contributed by atoms with Gasteiger partial charge in [0.2, 0.25) is 0 Å². The first-order chi connectivity index (χ1) is 6.50. The van der Waals surface area contributed by atoms with Gasteiger partial charge in [-0.15, -0.1) is 0 Å². The van der Waals surface area contributed by atoms with Crippen LogP contribution in [0.25, 0.3) is 0 Å². The van der Waals surface area contributed by atoms with E-state index in [1.54, 1.807) is 6.07 Å². The van der Waals surface area contributed by atoms with Gasteiger partial charge in [-0.05, 0) is 34.1 Å². The lowest BCUT2D eigenvalue weighted by Gasteiger charge is -2.04. The number of amidine groups is 1. The largest absolute Gasteiger partial charge is 0.387 e. The zero-order valence-electron chi connectivity index (χ0n) is 8.09. The first kappa shape index (κ1) is 11.5. The second-order valence-corrected chi connectivity index (χ2v) is 4.55. The minimum absolute atomic E-state index is 0.254. The zero-order valence-corrected chi connectivity index (χ0v) is 10.4. The molecule has 76 valence electrons. The van der Waals surface area contributed by atoms with Crippen LogP contribution in [0.1, 0.15) is 13.8 Å². The molecule has 0 aromatic heterocycles. The van der Waals surface area contributed by atoms with Crippen LogP contribution in [-0.2, 0) is 0 Å². The van der Waals surface area contributed by atoms with Crippen molar-refractivity contribution in [2.24, 2.45) is 16.6 Å². The fraction of sp³-hybridized carbons (Fsp3) is 0.300. The van der Waals surface area contributed by atoms with Crippen LogP contribution in [0.3, 0.4) is 0 Å². The van der Waals surface area contributed by atoms with E-state index in [-0.39, 0.29) is 5.92 Å². The average molecular weight is 276 g/mol. The summed E-state index contributed by atoms with van der Waals surface area (Å²) in [6.45, 7) is 4.01. The van der Waals surface area contributed by atoms with Crippen molar-refractivity contribution < 1.29 is 0 Å². The molecule has 1 aromatic carbocycles. The smallest absolute Gasteiger partial charge is 0.102 e. The molecule has 0 saturated carbocycles. The van der Waals surface area contributed by atoms with Crippen LogP contribution in [0.2, 0.25) is 5.02 Å². The van der Waals surface area contributed by atoms with Crippen LogP contribution in [0.5, 0.6) is 0 Å². The van der Waals surface area contributed by atoms with E-state index in [0.717, 1.165) is 10.2 Å². The fourth-order valence-electron chi connectivity index (χ4n) is 0.833. The van der Waals surface area contributed by atoms with E-state index >= 15 is 0 Å². The van der Waals surface area contributed by atoms with Crippen molar-refractivity contribution >= 4 is 39.1 Å². The lowest BCUT2D eigenvalue weighted by atomic mass is 10.2. The van der Waals surface area contributed by atoms with E-state index in [4.69, 9.17) is 17.3 Å². The summed E-state index contributed by atoms with van der Waals surface area (Å²) in [6.07, 6.45) is 0. The molecule has 0 aliphatic heterocycles. The van der Waals surface area contributed by atoms with Crippen LogP contribution in [0.15, 0.2) is 27.7 Å². The van der Waals surface area contributed by atoms with E-state index < -0.39 is 0 Å². The van der Waals surface area contributed by atoms with Crippen molar-refractivity contribution in [3.63, 3.8) is 0 Å². The third-order valence-electron chi connectivity index (χ3n) is 1.75. The van der Waals surface area contributed by atoms with E-state index in [9.17, 15) is 0 Å². The van der Waals surface area contributed by atoms with Crippen molar-refractivity contribution in [1.29, 1.82) is 0 Å². The lowest BCUT2D eigenvalue weighted by Crippen LogP contribution is -2.17. The molecule has 0 spiro atoms. The van der Waals surface area contributed by atoms with Gasteiger partial charge in [-0.3, -0.25) is 0 Å². The van der Waals surface area contributed by atoms with Gasteiger partial charge in [0.1, 0.15) is 5.84 Å². The molecule has 0 aliphatic rings. The molecule has 0 bridgehead atoms. The quantitative estimate of drug-likeness (QED) is 0.648. The summed E-state index contributed by atoms with van der Waals surface area (Å²) in [4.78, 5) is 4.27. The zero-order chi connectivity index (χ0) is 10.7. The van der Waals surface area contributed by atoms with Gasteiger partial charge in [0, 0.05) is 10.4 Å². The molecule has 0 atom stereocenters. The van der Waals surface area contributed by atoms with Gasteiger partial charge in [0.05, 0.1) is 10.7 Å². The van der Waals surface area contributed by atoms with Crippen LogP contribution in [0.4, 0.5) is 5.69 Å². The standard InChI is InChI=1S/C10H12BrClN2/c1-6(2)10(13)14-7-3-4-9(12)8(11)5-7/h3-6H,1-2H3,(H2,13,14). The fourth-order valence-corrected chi connectivity index (χ4v) is 1.32. The van der Waals surface area contributed by atoms with Gasteiger partial charge in [0.15, 0.2) is 0 Å². The summed E-state index contributed by atoms with van der Waals surface area (Å²) >= 11 is 9.18. The first-order valence-corrected chi connectivity index (χ1v) is 5.47. The molecule has 2 N–H and O–H groups in total. The second-order valence-electron chi connectivity index (χ2n) is 3.29. The van der Waals surface area contributed by atoms with E-state index in [2.05, 4.69) is 20.9 Å². The van der Waals surface area contributed by atoms with Gasteiger partial charge in [-0.2, -0.15) is 0 Å². The Labute approximate surface area is 97.3 Å². The van der Waals surface area contributed by atoms with Crippen molar-refractivity contribution in [3.8, 4) is 0 Å². The molecular formula is C10H12BrClN2. The summed E-state index contributed by atoms with van der Waals surface area (Å²) in [7, 11) is 0. The number of hydrogen-bond donors (Lipinski definition) is 1. The number of nitrogens with two attached hydrogens (primary N) is 1. The van der Waals surface area contributed by atoms with Crippen LogP contribution < -0.4 is 5.73 Å². The molecule has 0 amide bonds. The number of nitrogens with zero attached hydrogens (tertiary/aromatic N) is 1. The second kappa shape index (κ2) is 4.80. The number of hydrogen-bond acceptors (Lipinski definition) is 1. The monoisotopic (exact) mass is 274 g/mol. The Morgan fingerprint density at radius 1 is 1.50 bits per heavy atom. The van der Waals surface area contributed by atoms with Crippen molar-refractivity contribution in [2.45, 2.75) is 13.8 Å². The van der Waals surface area contributed by atoms with E-state index in [0.29, 0.717) is 10.9 Å². The van der Waals surface area contributed by atoms with Crippen LogP contribution in [-0.4, -0.2) is 5.84 Å². The van der Waals surface area contributed by atoms with Gasteiger partial charge in [0.25, 0.3) is 0 Å². The normalized spacial score (nSPS) is 12.2. The Bertz CT molecular complexity index is 361. The maximum atomic E-state index is 5.85. The molecule has 2 nitrogen and oxygen atoms in total. The Morgan fingerprint density at radius 2 is 2.14 bits per heavy atom. The first-order valence-electron chi connectivity index (χ1n) is 4.30. The molecule has 1 aromatic rings. The Balaban J connectivity index is 2.98. The average Bonchev–Trinajstić information content (AvgIpc) is 2.11. The Morgan fingerprint density at radius 3 is 2.64 bits per heavy atom.